The van der Waals surface area contributed by atoms with E-state index in [0.717, 1.165) is 5.56 Å². The average Bonchev–Trinajstić information content (AvgIpc) is 2.03. The maximum absolute atomic E-state index is 11.1. The van der Waals surface area contributed by atoms with Crippen molar-refractivity contribution in [3.05, 3.63) is 35.9 Å². The molecule has 0 bridgehead atoms. The molecule has 1 aliphatic heterocycles. The van der Waals surface area contributed by atoms with Crippen LogP contribution in [0.2, 0.25) is 0 Å². The quantitative estimate of drug-likeness (QED) is 0.772. The fraction of sp³-hybridized carbons (Fsp3) is 0.300. The molecule has 0 saturated carbocycles. The molecule has 0 atom stereocenters. The van der Waals surface area contributed by atoms with Crippen molar-refractivity contribution in [1.82, 2.24) is 5.32 Å². The predicted octanol–water partition coefficient (Wildman–Crippen LogP) is 1.03. The second-order valence-electron chi connectivity index (χ2n) is 3.36. The minimum atomic E-state index is -0.738. The van der Waals surface area contributed by atoms with Crippen molar-refractivity contribution >= 4 is 18.4 Å². The molecule has 2 rings (SSSR count). The van der Waals surface area contributed by atoms with E-state index in [2.05, 4.69) is 5.32 Å². The van der Waals surface area contributed by atoms with Gasteiger partial charge in [-0.25, -0.2) is 0 Å². The average molecular weight is 214 g/mol. The zero-order valence-corrected chi connectivity index (χ0v) is 8.38. The van der Waals surface area contributed by atoms with Gasteiger partial charge in [-0.3, -0.25) is 4.79 Å². The largest absolute Gasteiger partial charge is 0.481 e. The van der Waals surface area contributed by atoms with Crippen LogP contribution in [0.4, 0.5) is 0 Å². The Morgan fingerprint density at radius 1 is 1.29 bits per heavy atom. The van der Waals surface area contributed by atoms with E-state index in [1.165, 1.54) is 0 Å². The van der Waals surface area contributed by atoms with E-state index in [-0.39, 0.29) is 12.4 Å². The van der Waals surface area contributed by atoms with Gasteiger partial charge >= 0.3 is 5.97 Å². The molecule has 2 N–H and O–H groups in total. The van der Waals surface area contributed by atoms with Gasteiger partial charge in [0.05, 0.1) is 0 Å². The molecule has 3 nitrogen and oxygen atoms in total. The molecule has 1 saturated heterocycles. The molecule has 4 heteroatoms. The highest BCUT2D eigenvalue weighted by Gasteiger charge is 2.45. The van der Waals surface area contributed by atoms with Crippen molar-refractivity contribution in [3.63, 3.8) is 0 Å². The van der Waals surface area contributed by atoms with Crippen LogP contribution >= 0.6 is 12.4 Å². The van der Waals surface area contributed by atoms with Crippen LogP contribution in [0, 0.1) is 0 Å². The zero-order chi connectivity index (χ0) is 9.31. The minimum absolute atomic E-state index is 0. The molecular weight excluding hydrogens is 202 g/mol. The molecule has 0 amide bonds. The third-order valence-corrected chi connectivity index (χ3v) is 2.59. The number of carbonyl (C=O) groups is 1. The van der Waals surface area contributed by atoms with Crippen molar-refractivity contribution in [2.24, 2.45) is 0 Å². The molecule has 0 radical (unpaired) electrons. The number of aliphatic carboxylic acids is 1. The van der Waals surface area contributed by atoms with Crippen LogP contribution in [0.1, 0.15) is 5.56 Å². The molecule has 1 aliphatic rings. The van der Waals surface area contributed by atoms with Gasteiger partial charge in [-0.05, 0) is 5.56 Å². The minimum Gasteiger partial charge on any atom is -0.481 e. The van der Waals surface area contributed by atoms with Gasteiger partial charge in [0.2, 0.25) is 0 Å². The first-order valence-electron chi connectivity index (χ1n) is 4.25. The highest BCUT2D eigenvalue weighted by Crippen LogP contribution is 2.28. The normalized spacial score (nSPS) is 17.7. The number of nitrogens with one attached hydrogen (secondary N) is 1. The van der Waals surface area contributed by atoms with E-state index in [9.17, 15) is 4.79 Å². The first kappa shape index (κ1) is 11.0. The van der Waals surface area contributed by atoms with Gasteiger partial charge in [0.1, 0.15) is 5.41 Å². The summed E-state index contributed by atoms with van der Waals surface area (Å²) < 4.78 is 0. The summed E-state index contributed by atoms with van der Waals surface area (Å²) in [6, 6.07) is 9.38. The lowest BCUT2D eigenvalue weighted by Gasteiger charge is -2.38. The molecular formula is C10H12ClNO2. The van der Waals surface area contributed by atoms with E-state index in [4.69, 9.17) is 5.11 Å². The molecule has 1 fully saturated rings. The van der Waals surface area contributed by atoms with Gasteiger partial charge in [-0.15, -0.1) is 12.4 Å². The second kappa shape index (κ2) is 3.98. The summed E-state index contributed by atoms with van der Waals surface area (Å²) in [5, 5.41) is 12.1. The van der Waals surface area contributed by atoms with Crippen LogP contribution in [-0.2, 0) is 10.2 Å². The summed E-state index contributed by atoms with van der Waals surface area (Å²) >= 11 is 0. The Balaban J connectivity index is 0.000000980. The highest BCUT2D eigenvalue weighted by molar-refractivity contribution is 5.85. The van der Waals surface area contributed by atoms with Gasteiger partial charge in [-0.2, -0.15) is 0 Å². The van der Waals surface area contributed by atoms with Crippen LogP contribution in [-0.4, -0.2) is 24.2 Å². The van der Waals surface area contributed by atoms with Crippen LogP contribution < -0.4 is 5.32 Å². The first-order chi connectivity index (χ1) is 6.26. The Kier molecular flexibility index (Phi) is 3.13. The highest BCUT2D eigenvalue weighted by atomic mass is 35.5. The second-order valence-corrected chi connectivity index (χ2v) is 3.36. The predicted molar refractivity (Wildman–Crippen MR) is 55.9 cm³/mol. The molecule has 0 spiro atoms. The lowest BCUT2D eigenvalue weighted by atomic mass is 9.75. The summed E-state index contributed by atoms with van der Waals surface area (Å²) in [6.45, 7) is 1.07. The fourth-order valence-electron chi connectivity index (χ4n) is 1.61. The standard InChI is InChI=1S/C10H11NO2.ClH/c12-9(13)10(6-11-7-10)8-4-2-1-3-5-8;/h1-5,11H,6-7H2,(H,12,13);1H. The smallest absolute Gasteiger partial charge is 0.316 e. The number of hydrogen-bond acceptors (Lipinski definition) is 2. The van der Waals surface area contributed by atoms with Crippen LogP contribution in [0.25, 0.3) is 0 Å². The van der Waals surface area contributed by atoms with Crippen molar-refractivity contribution in [1.29, 1.82) is 0 Å². The van der Waals surface area contributed by atoms with Crippen LogP contribution in [0.15, 0.2) is 30.3 Å². The van der Waals surface area contributed by atoms with E-state index in [1.54, 1.807) is 0 Å². The van der Waals surface area contributed by atoms with Crippen molar-refractivity contribution in [2.75, 3.05) is 13.1 Å². The van der Waals surface area contributed by atoms with Gasteiger partial charge < -0.3 is 10.4 Å². The van der Waals surface area contributed by atoms with E-state index < -0.39 is 11.4 Å². The summed E-state index contributed by atoms with van der Waals surface area (Å²) in [5.41, 5.74) is 0.211. The molecule has 0 aromatic heterocycles. The third-order valence-electron chi connectivity index (χ3n) is 2.59. The van der Waals surface area contributed by atoms with Gasteiger partial charge in [-0.1, -0.05) is 30.3 Å². The Morgan fingerprint density at radius 3 is 2.21 bits per heavy atom. The lowest BCUT2D eigenvalue weighted by Crippen LogP contribution is -2.61. The van der Waals surface area contributed by atoms with Gasteiger partial charge in [0.25, 0.3) is 0 Å². The van der Waals surface area contributed by atoms with E-state index in [0.29, 0.717) is 13.1 Å². The van der Waals surface area contributed by atoms with Crippen LogP contribution in [0.5, 0.6) is 0 Å². The van der Waals surface area contributed by atoms with Crippen LogP contribution in [0.3, 0.4) is 0 Å². The topological polar surface area (TPSA) is 49.3 Å². The van der Waals surface area contributed by atoms with Gasteiger partial charge in [0, 0.05) is 13.1 Å². The summed E-state index contributed by atoms with van der Waals surface area (Å²) in [6.07, 6.45) is 0. The number of carboxylic acid groups (broad SMARTS) is 1. The summed E-state index contributed by atoms with van der Waals surface area (Å²) in [4.78, 5) is 11.1. The Morgan fingerprint density at radius 2 is 1.86 bits per heavy atom. The molecule has 0 aliphatic carbocycles. The van der Waals surface area contributed by atoms with E-state index >= 15 is 0 Å². The summed E-state index contributed by atoms with van der Waals surface area (Å²) in [5.74, 6) is -0.738. The molecule has 1 aromatic carbocycles. The molecule has 14 heavy (non-hydrogen) atoms. The summed E-state index contributed by atoms with van der Waals surface area (Å²) in [7, 11) is 0. The number of halogens is 1. The van der Waals surface area contributed by atoms with Crippen molar-refractivity contribution < 1.29 is 9.90 Å². The third kappa shape index (κ3) is 1.49. The van der Waals surface area contributed by atoms with Gasteiger partial charge in [0.15, 0.2) is 0 Å². The van der Waals surface area contributed by atoms with Crippen molar-refractivity contribution in [3.8, 4) is 0 Å². The Hall–Kier alpha value is -1.06. The lowest BCUT2D eigenvalue weighted by molar-refractivity contribution is -0.146. The fourth-order valence-corrected chi connectivity index (χ4v) is 1.61. The zero-order valence-electron chi connectivity index (χ0n) is 7.56. The monoisotopic (exact) mass is 213 g/mol. The Bertz CT molecular complexity index is 322. The molecule has 76 valence electrons. The molecule has 1 aromatic rings. The van der Waals surface area contributed by atoms with Crippen molar-refractivity contribution in [2.45, 2.75) is 5.41 Å². The number of hydrogen-bond donors (Lipinski definition) is 2. The Labute approximate surface area is 88.5 Å². The number of rotatable bonds is 2. The molecule has 1 heterocycles. The first-order valence-corrected chi connectivity index (χ1v) is 4.25. The maximum atomic E-state index is 11.1. The SMILES string of the molecule is Cl.O=C(O)C1(c2ccccc2)CNC1. The van der Waals surface area contributed by atoms with E-state index in [1.807, 2.05) is 30.3 Å². The number of benzene rings is 1. The maximum Gasteiger partial charge on any atom is 0.316 e. The molecule has 0 unspecified atom stereocenters. The number of carboxylic acids is 1.